The van der Waals surface area contributed by atoms with Gasteiger partial charge in [0.05, 0.1) is 12.6 Å². The summed E-state index contributed by atoms with van der Waals surface area (Å²) >= 11 is 0. The molecule has 0 aromatic heterocycles. The molecule has 0 radical (unpaired) electrons. The number of carbonyl (C=O) groups is 1. The van der Waals surface area contributed by atoms with Gasteiger partial charge in [0.15, 0.2) is 0 Å². The molecule has 1 aliphatic rings. The number of hydrogen-bond acceptors (Lipinski definition) is 2. The van der Waals surface area contributed by atoms with Crippen molar-refractivity contribution in [1.29, 1.82) is 0 Å². The van der Waals surface area contributed by atoms with Crippen LogP contribution < -0.4 is 5.32 Å². The van der Waals surface area contributed by atoms with E-state index in [1.807, 2.05) is 18.2 Å². The summed E-state index contributed by atoms with van der Waals surface area (Å²) in [5.74, 6) is 1.01. The van der Waals surface area contributed by atoms with Gasteiger partial charge in [0.2, 0.25) is 5.91 Å². The minimum Gasteiger partial charge on any atom is -0.394 e. The van der Waals surface area contributed by atoms with Gasteiger partial charge in [-0.05, 0) is 30.2 Å². The zero-order valence-corrected chi connectivity index (χ0v) is 11.7. The first-order chi connectivity index (χ1) is 9.11. The van der Waals surface area contributed by atoms with E-state index in [0.717, 1.165) is 12.8 Å². The fourth-order valence-electron chi connectivity index (χ4n) is 2.61. The Morgan fingerprint density at radius 1 is 1.37 bits per heavy atom. The molecule has 3 heteroatoms. The van der Waals surface area contributed by atoms with Crippen LogP contribution in [-0.4, -0.2) is 23.7 Å². The van der Waals surface area contributed by atoms with Crippen molar-refractivity contribution in [2.45, 2.75) is 38.6 Å². The average Bonchev–Trinajstić information content (AvgIpc) is 3.18. The van der Waals surface area contributed by atoms with Crippen molar-refractivity contribution in [2.24, 2.45) is 11.8 Å². The Morgan fingerprint density at radius 3 is 2.63 bits per heavy atom. The molecule has 3 nitrogen and oxygen atoms in total. The van der Waals surface area contributed by atoms with Crippen LogP contribution in [0, 0.1) is 11.8 Å². The van der Waals surface area contributed by atoms with E-state index >= 15 is 0 Å². The van der Waals surface area contributed by atoms with E-state index in [1.165, 1.54) is 5.56 Å². The van der Waals surface area contributed by atoms with Crippen LogP contribution in [-0.2, 0) is 4.79 Å². The first-order valence-corrected chi connectivity index (χ1v) is 7.08. The third kappa shape index (κ3) is 3.80. The van der Waals surface area contributed by atoms with Gasteiger partial charge in [0.1, 0.15) is 0 Å². The highest BCUT2D eigenvalue weighted by atomic mass is 16.3. The first kappa shape index (κ1) is 14.1. The van der Waals surface area contributed by atoms with Crippen LogP contribution in [0.5, 0.6) is 0 Å². The maximum atomic E-state index is 12.1. The minimum absolute atomic E-state index is 0.0205. The van der Waals surface area contributed by atoms with Crippen LogP contribution in [0.3, 0.4) is 0 Å². The van der Waals surface area contributed by atoms with E-state index < -0.39 is 0 Å². The summed E-state index contributed by atoms with van der Waals surface area (Å²) in [6.45, 7) is 4.21. The van der Waals surface area contributed by atoms with Crippen LogP contribution >= 0.6 is 0 Å². The van der Waals surface area contributed by atoms with Crippen LogP contribution in [0.2, 0.25) is 0 Å². The van der Waals surface area contributed by atoms with Gasteiger partial charge in [-0.25, -0.2) is 0 Å². The second-order valence-electron chi connectivity index (χ2n) is 5.88. The van der Waals surface area contributed by atoms with Crippen molar-refractivity contribution in [3.05, 3.63) is 35.9 Å². The number of rotatable bonds is 6. The Morgan fingerprint density at radius 2 is 2.05 bits per heavy atom. The van der Waals surface area contributed by atoms with Gasteiger partial charge in [0, 0.05) is 5.92 Å². The lowest BCUT2D eigenvalue weighted by Crippen LogP contribution is -2.39. The van der Waals surface area contributed by atoms with Gasteiger partial charge in [-0.1, -0.05) is 44.2 Å². The molecule has 1 fully saturated rings. The van der Waals surface area contributed by atoms with Crippen molar-refractivity contribution in [3.8, 4) is 0 Å². The van der Waals surface area contributed by atoms with E-state index in [0.29, 0.717) is 11.8 Å². The molecule has 104 valence electrons. The molecule has 1 saturated carbocycles. The molecule has 1 amide bonds. The van der Waals surface area contributed by atoms with E-state index in [-0.39, 0.29) is 24.5 Å². The van der Waals surface area contributed by atoms with Gasteiger partial charge in [0.25, 0.3) is 0 Å². The lowest BCUT2D eigenvalue weighted by atomic mass is 10.0. The number of nitrogens with one attached hydrogen (secondary N) is 1. The van der Waals surface area contributed by atoms with Crippen molar-refractivity contribution in [1.82, 2.24) is 5.32 Å². The standard InChI is InChI=1S/C16H23NO2/c1-11(2)8-13(10-18)17-16(19)15-9-14(15)12-6-4-3-5-7-12/h3-7,11,13-15,18H,8-10H2,1-2H3,(H,17,19). The summed E-state index contributed by atoms with van der Waals surface area (Å²) in [5.41, 5.74) is 1.24. The molecule has 2 rings (SSSR count). The highest BCUT2D eigenvalue weighted by Crippen LogP contribution is 2.47. The molecule has 2 N–H and O–H groups in total. The maximum absolute atomic E-state index is 12.1. The third-order valence-corrected chi connectivity index (χ3v) is 3.68. The predicted molar refractivity (Wildman–Crippen MR) is 75.8 cm³/mol. The number of carbonyl (C=O) groups excluding carboxylic acids is 1. The number of benzene rings is 1. The number of aliphatic hydroxyl groups is 1. The van der Waals surface area contributed by atoms with E-state index in [2.05, 4.69) is 31.3 Å². The van der Waals surface area contributed by atoms with Crippen molar-refractivity contribution in [2.75, 3.05) is 6.61 Å². The maximum Gasteiger partial charge on any atom is 0.224 e. The number of aliphatic hydroxyl groups excluding tert-OH is 1. The average molecular weight is 261 g/mol. The van der Waals surface area contributed by atoms with Crippen LogP contribution in [0.4, 0.5) is 0 Å². The van der Waals surface area contributed by atoms with E-state index in [4.69, 9.17) is 0 Å². The van der Waals surface area contributed by atoms with Crippen LogP contribution in [0.25, 0.3) is 0 Å². The fourth-order valence-corrected chi connectivity index (χ4v) is 2.61. The molecule has 1 aromatic rings. The highest BCUT2D eigenvalue weighted by Gasteiger charge is 2.44. The normalized spacial score (nSPS) is 23.2. The largest absolute Gasteiger partial charge is 0.394 e. The molecular weight excluding hydrogens is 238 g/mol. The van der Waals surface area contributed by atoms with Gasteiger partial charge in [-0.2, -0.15) is 0 Å². The van der Waals surface area contributed by atoms with Gasteiger partial charge in [-0.15, -0.1) is 0 Å². The molecule has 3 unspecified atom stereocenters. The summed E-state index contributed by atoms with van der Waals surface area (Å²) in [6.07, 6.45) is 1.75. The molecule has 0 bridgehead atoms. The van der Waals surface area contributed by atoms with Gasteiger partial charge in [-0.3, -0.25) is 4.79 Å². The lowest BCUT2D eigenvalue weighted by molar-refractivity contribution is -0.123. The topological polar surface area (TPSA) is 49.3 Å². The minimum atomic E-state index is -0.107. The molecule has 3 atom stereocenters. The second kappa shape index (κ2) is 6.20. The number of amides is 1. The SMILES string of the molecule is CC(C)CC(CO)NC(=O)C1CC1c1ccccc1. The van der Waals surface area contributed by atoms with Crippen LogP contribution in [0.15, 0.2) is 30.3 Å². The van der Waals surface area contributed by atoms with Gasteiger partial charge < -0.3 is 10.4 Å². The summed E-state index contributed by atoms with van der Waals surface area (Å²) in [5, 5.41) is 12.3. The highest BCUT2D eigenvalue weighted by molar-refractivity contribution is 5.83. The zero-order valence-electron chi connectivity index (χ0n) is 11.7. The molecule has 1 aliphatic carbocycles. The second-order valence-corrected chi connectivity index (χ2v) is 5.88. The van der Waals surface area contributed by atoms with Crippen molar-refractivity contribution >= 4 is 5.91 Å². The fraction of sp³-hybridized carbons (Fsp3) is 0.562. The van der Waals surface area contributed by atoms with E-state index in [1.54, 1.807) is 0 Å². The van der Waals surface area contributed by atoms with Gasteiger partial charge >= 0.3 is 0 Å². The van der Waals surface area contributed by atoms with Crippen molar-refractivity contribution < 1.29 is 9.90 Å². The summed E-state index contributed by atoms with van der Waals surface area (Å²) < 4.78 is 0. The third-order valence-electron chi connectivity index (χ3n) is 3.68. The molecule has 0 spiro atoms. The summed E-state index contributed by atoms with van der Waals surface area (Å²) in [4.78, 5) is 12.1. The molecule has 1 aromatic carbocycles. The first-order valence-electron chi connectivity index (χ1n) is 7.08. The summed E-state index contributed by atoms with van der Waals surface area (Å²) in [7, 11) is 0. The van der Waals surface area contributed by atoms with E-state index in [9.17, 15) is 9.90 Å². The Balaban J connectivity index is 1.85. The molecule has 0 aliphatic heterocycles. The summed E-state index contributed by atoms with van der Waals surface area (Å²) in [6, 6.07) is 10.1. The van der Waals surface area contributed by atoms with Crippen molar-refractivity contribution in [3.63, 3.8) is 0 Å². The molecule has 0 heterocycles. The molecule has 0 saturated heterocycles. The van der Waals surface area contributed by atoms with Crippen LogP contribution in [0.1, 0.15) is 38.2 Å². The zero-order chi connectivity index (χ0) is 13.8. The lowest BCUT2D eigenvalue weighted by Gasteiger charge is -2.18. The number of hydrogen-bond donors (Lipinski definition) is 2. The Bertz CT molecular complexity index is 416. The Kier molecular flexibility index (Phi) is 4.59. The monoisotopic (exact) mass is 261 g/mol. The molecular formula is C16H23NO2. The Hall–Kier alpha value is -1.35. The Labute approximate surface area is 115 Å². The smallest absolute Gasteiger partial charge is 0.224 e. The predicted octanol–water partition coefficient (Wildman–Crippen LogP) is 2.31. The molecule has 19 heavy (non-hydrogen) atoms. The quantitative estimate of drug-likeness (QED) is 0.825.